The van der Waals surface area contributed by atoms with Gasteiger partial charge in [0.2, 0.25) is 0 Å². The highest BCUT2D eigenvalue weighted by Crippen LogP contribution is 2.26. The number of aliphatic hydroxyl groups excluding tert-OH is 1. The highest BCUT2D eigenvalue weighted by atomic mass is 35.5. The second-order valence-corrected chi connectivity index (χ2v) is 12.1. The van der Waals surface area contributed by atoms with Gasteiger partial charge in [0.15, 0.2) is 27.6 Å². The lowest BCUT2D eigenvalue weighted by atomic mass is 10.0. The lowest BCUT2D eigenvalue weighted by Gasteiger charge is -2.25. The largest absolute Gasteiger partial charge is 0.416 e. The zero-order valence-corrected chi connectivity index (χ0v) is 22.3. The predicted molar refractivity (Wildman–Crippen MR) is 138 cm³/mol. The van der Waals surface area contributed by atoms with Gasteiger partial charge in [0.05, 0.1) is 29.9 Å². The van der Waals surface area contributed by atoms with E-state index in [0.717, 1.165) is 14.8 Å². The Kier molecular flexibility index (Phi) is 7.54. The maximum absolute atomic E-state index is 13.1. The van der Waals surface area contributed by atoms with Gasteiger partial charge in [-0.2, -0.15) is 13.2 Å². The molecule has 1 aliphatic rings. The van der Waals surface area contributed by atoms with E-state index >= 15 is 0 Å². The van der Waals surface area contributed by atoms with Crippen molar-refractivity contribution in [1.82, 2.24) is 34.1 Å². The molecule has 0 bridgehead atoms. The van der Waals surface area contributed by atoms with Crippen LogP contribution in [0.3, 0.4) is 0 Å². The van der Waals surface area contributed by atoms with E-state index in [1.54, 1.807) is 18.5 Å². The van der Waals surface area contributed by atoms with Crippen LogP contribution in [0.15, 0.2) is 53.8 Å². The van der Waals surface area contributed by atoms with Gasteiger partial charge >= 0.3 is 11.9 Å². The molecule has 40 heavy (non-hydrogen) atoms. The summed E-state index contributed by atoms with van der Waals surface area (Å²) in [6.45, 7) is -1.30. The van der Waals surface area contributed by atoms with Crippen LogP contribution >= 0.6 is 11.6 Å². The fraction of sp³-hybridized carbons (Fsp3) is 0.375. The molecule has 1 saturated heterocycles. The summed E-state index contributed by atoms with van der Waals surface area (Å²) < 4.78 is 65.3. The number of aromatic nitrogens is 7. The average molecular weight is 598 g/mol. The minimum atomic E-state index is -4.94. The van der Waals surface area contributed by atoms with Crippen LogP contribution in [-0.4, -0.2) is 71.4 Å². The first-order chi connectivity index (χ1) is 18.9. The molecule has 1 aromatic carbocycles. The van der Waals surface area contributed by atoms with Crippen molar-refractivity contribution in [2.45, 2.75) is 38.2 Å². The Hall–Kier alpha value is -3.56. The van der Waals surface area contributed by atoms with Crippen LogP contribution in [0.25, 0.3) is 17.1 Å². The maximum Gasteiger partial charge on any atom is 0.416 e. The first-order valence-corrected chi connectivity index (χ1v) is 14.3. The monoisotopic (exact) mass is 597 g/mol. The predicted octanol–water partition coefficient (Wildman–Crippen LogP) is 2.29. The molecule has 4 heterocycles. The molecule has 1 atom stereocenters. The zero-order valence-electron chi connectivity index (χ0n) is 20.7. The van der Waals surface area contributed by atoms with E-state index in [9.17, 15) is 31.5 Å². The molecule has 0 aliphatic carbocycles. The van der Waals surface area contributed by atoms with Crippen LogP contribution < -0.4 is 5.69 Å². The molecule has 4 aromatic rings. The van der Waals surface area contributed by atoms with Gasteiger partial charge in [0.1, 0.15) is 12.9 Å². The van der Waals surface area contributed by atoms with E-state index < -0.39 is 34.4 Å². The summed E-state index contributed by atoms with van der Waals surface area (Å²) in [4.78, 5) is 21.5. The Labute approximate surface area is 230 Å². The molecule has 11 nitrogen and oxygen atoms in total. The number of aryl methyl sites for hydroxylation is 1. The van der Waals surface area contributed by atoms with Gasteiger partial charge in [-0.3, -0.25) is 9.55 Å². The van der Waals surface area contributed by atoms with Crippen molar-refractivity contribution in [3.63, 3.8) is 0 Å². The van der Waals surface area contributed by atoms with Crippen molar-refractivity contribution < 1.29 is 26.7 Å². The van der Waals surface area contributed by atoms with Crippen LogP contribution in [0.4, 0.5) is 13.2 Å². The molecular formula is C24H23ClF3N7O4S. The topological polar surface area (TPSA) is 138 Å². The summed E-state index contributed by atoms with van der Waals surface area (Å²) in [6.07, 6.45) is -1.81. The Bertz CT molecular complexity index is 1670. The van der Waals surface area contributed by atoms with Crippen molar-refractivity contribution in [3.05, 3.63) is 75.9 Å². The molecule has 0 radical (unpaired) electrons. The molecule has 16 heteroatoms. The quantitative estimate of drug-likeness (QED) is 0.310. The Morgan fingerprint density at radius 2 is 1.85 bits per heavy atom. The van der Waals surface area contributed by atoms with Crippen LogP contribution in [-0.2, 0) is 29.3 Å². The molecule has 1 aliphatic heterocycles. The fourth-order valence-corrected chi connectivity index (χ4v) is 6.24. The number of halogens is 4. The number of aliphatic hydroxyl groups is 1. The van der Waals surface area contributed by atoms with E-state index in [1.165, 1.54) is 35.3 Å². The summed E-state index contributed by atoms with van der Waals surface area (Å²) in [5.74, 6) is 0.535. The van der Waals surface area contributed by atoms with E-state index in [0.29, 0.717) is 29.1 Å². The summed E-state index contributed by atoms with van der Waals surface area (Å²) >= 11 is 5.92. The van der Waals surface area contributed by atoms with Crippen molar-refractivity contribution in [2.75, 3.05) is 11.5 Å². The molecule has 1 fully saturated rings. The number of alkyl halides is 3. The summed E-state index contributed by atoms with van der Waals surface area (Å²) in [6, 6.07) is 7.81. The third kappa shape index (κ3) is 6.10. The van der Waals surface area contributed by atoms with E-state index in [4.69, 9.17) is 11.6 Å². The van der Waals surface area contributed by atoms with Crippen LogP contribution in [0.2, 0.25) is 5.02 Å². The van der Waals surface area contributed by atoms with E-state index in [-0.39, 0.29) is 35.6 Å². The molecule has 5 rings (SSSR count). The van der Waals surface area contributed by atoms with Crippen LogP contribution in [0.5, 0.6) is 0 Å². The van der Waals surface area contributed by atoms with Gasteiger partial charge in [-0.05, 0) is 54.7 Å². The standard InChI is InChI=1S/C24H23ClF3N7O4S/c25-18-5-3-17(4-6-18)22-32-34(23(37)33(22)10-20(36)24(26,27)28)11-21-30-14-35(31-21)19-9-29-8-7-16(19)2-1-15-12-40(38,39)13-15/h3-9,14-15,20,36H,1-2,10-13H2/t20-/m0/s1. The summed E-state index contributed by atoms with van der Waals surface area (Å²) in [5.41, 5.74) is 0.939. The van der Waals surface area contributed by atoms with Crippen LogP contribution in [0.1, 0.15) is 17.8 Å². The normalized spacial score (nSPS) is 16.1. The highest BCUT2D eigenvalue weighted by molar-refractivity contribution is 7.92. The molecule has 0 unspecified atom stereocenters. The molecule has 1 N–H and O–H groups in total. The van der Waals surface area contributed by atoms with E-state index in [1.807, 2.05) is 0 Å². The summed E-state index contributed by atoms with van der Waals surface area (Å²) in [5, 5.41) is 18.6. The molecule has 0 amide bonds. The third-order valence-corrected chi connectivity index (χ3v) is 8.74. The van der Waals surface area contributed by atoms with Crippen molar-refractivity contribution in [2.24, 2.45) is 5.92 Å². The number of nitrogens with zero attached hydrogens (tertiary/aromatic N) is 7. The number of benzene rings is 1. The number of rotatable bonds is 9. The minimum Gasteiger partial charge on any atom is -0.382 e. The second kappa shape index (κ2) is 10.8. The second-order valence-electron chi connectivity index (χ2n) is 9.53. The van der Waals surface area contributed by atoms with Crippen molar-refractivity contribution in [1.29, 1.82) is 0 Å². The van der Waals surface area contributed by atoms with Gasteiger partial charge in [0.25, 0.3) is 0 Å². The minimum absolute atomic E-state index is 0.0862. The van der Waals surface area contributed by atoms with Crippen molar-refractivity contribution >= 4 is 21.4 Å². The first-order valence-electron chi connectivity index (χ1n) is 12.1. The number of hydrogen-bond acceptors (Lipinski definition) is 8. The fourth-order valence-electron chi connectivity index (χ4n) is 4.45. The highest BCUT2D eigenvalue weighted by Gasteiger charge is 2.39. The molecule has 212 valence electrons. The maximum atomic E-state index is 13.1. The first kappa shape index (κ1) is 28.0. The third-order valence-electron chi connectivity index (χ3n) is 6.52. The molecular weight excluding hydrogens is 575 g/mol. The van der Waals surface area contributed by atoms with Gasteiger partial charge in [-0.1, -0.05) is 11.6 Å². The van der Waals surface area contributed by atoms with Gasteiger partial charge in [-0.25, -0.2) is 27.6 Å². The number of hydrogen-bond donors (Lipinski definition) is 1. The zero-order chi connectivity index (χ0) is 28.7. The smallest absolute Gasteiger partial charge is 0.382 e. The van der Waals surface area contributed by atoms with E-state index in [2.05, 4.69) is 20.2 Å². The average Bonchev–Trinajstić information content (AvgIpc) is 3.47. The molecule has 3 aromatic heterocycles. The summed E-state index contributed by atoms with van der Waals surface area (Å²) in [7, 11) is -2.91. The molecule has 0 spiro atoms. The SMILES string of the molecule is O=c1n(Cc2ncn(-c3cnccc3CCC3CS(=O)(=O)C3)n2)nc(-c2ccc(Cl)cc2)n1C[C@H](O)C(F)(F)F. The number of sulfone groups is 1. The molecule has 0 saturated carbocycles. The van der Waals surface area contributed by atoms with Gasteiger partial charge in [-0.15, -0.1) is 10.2 Å². The Morgan fingerprint density at radius 3 is 2.52 bits per heavy atom. The van der Waals surface area contributed by atoms with Gasteiger partial charge < -0.3 is 5.11 Å². The van der Waals surface area contributed by atoms with Gasteiger partial charge in [0, 0.05) is 16.8 Å². The van der Waals surface area contributed by atoms with Crippen LogP contribution in [0, 0.1) is 5.92 Å². The number of pyridine rings is 1. The van der Waals surface area contributed by atoms with Crippen molar-refractivity contribution in [3.8, 4) is 17.1 Å². The lowest BCUT2D eigenvalue weighted by Crippen LogP contribution is -2.37. The Morgan fingerprint density at radius 1 is 1.12 bits per heavy atom. The Balaban J connectivity index is 1.40. The lowest BCUT2D eigenvalue weighted by molar-refractivity contribution is -0.207.